The predicted octanol–water partition coefficient (Wildman–Crippen LogP) is 4.64. The van der Waals surface area contributed by atoms with Crippen LogP contribution in [0.5, 0.6) is 11.5 Å². The van der Waals surface area contributed by atoms with Gasteiger partial charge in [0.15, 0.2) is 16.3 Å². The molecule has 1 aliphatic rings. The SMILES string of the molecule is CCOc1ccc(C=c2sc3n(c2=O)C(c2ccc(Cl)cc2)C(C(=O)OC(C)C)=C(C)N=3)cc1OCC. The molecule has 0 saturated carbocycles. The smallest absolute Gasteiger partial charge is 0.338 e. The molecule has 0 bridgehead atoms. The summed E-state index contributed by atoms with van der Waals surface area (Å²) in [5, 5.41) is 0.559. The van der Waals surface area contributed by atoms with Crippen LogP contribution in [-0.2, 0) is 9.53 Å². The number of hydrogen-bond donors (Lipinski definition) is 0. The highest BCUT2D eigenvalue weighted by Crippen LogP contribution is 2.32. The van der Waals surface area contributed by atoms with Crippen LogP contribution in [-0.4, -0.2) is 29.9 Å². The summed E-state index contributed by atoms with van der Waals surface area (Å²) in [6.45, 7) is 10.2. The lowest BCUT2D eigenvalue weighted by Gasteiger charge is -2.25. The van der Waals surface area contributed by atoms with Gasteiger partial charge >= 0.3 is 5.97 Å². The van der Waals surface area contributed by atoms with Crippen LogP contribution in [0, 0.1) is 0 Å². The van der Waals surface area contributed by atoms with E-state index in [-0.39, 0.29) is 11.7 Å². The van der Waals surface area contributed by atoms with E-state index >= 15 is 0 Å². The number of fused-ring (bicyclic) bond motifs is 1. The molecule has 0 aliphatic carbocycles. The first-order chi connectivity index (χ1) is 17.7. The lowest BCUT2D eigenvalue weighted by Crippen LogP contribution is -2.40. The summed E-state index contributed by atoms with van der Waals surface area (Å²) in [5.41, 5.74) is 2.11. The van der Waals surface area contributed by atoms with E-state index in [0.29, 0.717) is 50.3 Å². The summed E-state index contributed by atoms with van der Waals surface area (Å²) in [7, 11) is 0. The van der Waals surface area contributed by atoms with Crippen molar-refractivity contribution in [1.29, 1.82) is 0 Å². The number of halogens is 1. The first-order valence-electron chi connectivity index (χ1n) is 12.1. The van der Waals surface area contributed by atoms with Crippen LogP contribution < -0.4 is 24.4 Å². The first kappa shape index (κ1) is 26.7. The second-order valence-electron chi connectivity index (χ2n) is 8.66. The maximum absolute atomic E-state index is 13.8. The van der Waals surface area contributed by atoms with Crippen LogP contribution in [0.25, 0.3) is 6.08 Å². The molecule has 0 saturated heterocycles. The largest absolute Gasteiger partial charge is 0.490 e. The molecule has 0 fully saturated rings. The molecule has 1 aromatic heterocycles. The summed E-state index contributed by atoms with van der Waals surface area (Å²) in [4.78, 5) is 32.1. The number of hydrogen-bond acceptors (Lipinski definition) is 7. The molecule has 0 spiro atoms. The molecule has 9 heteroatoms. The van der Waals surface area contributed by atoms with Crippen LogP contribution in [0.4, 0.5) is 0 Å². The Morgan fingerprint density at radius 3 is 2.43 bits per heavy atom. The molecule has 2 heterocycles. The Morgan fingerprint density at radius 1 is 1.11 bits per heavy atom. The molecule has 7 nitrogen and oxygen atoms in total. The van der Waals surface area contributed by atoms with Crippen molar-refractivity contribution in [2.45, 2.75) is 46.8 Å². The highest BCUT2D eigenvalue weighted by atomic mass is 35.5. The van der Waals surface area contributed by atoms with E-state index in [1.807, 2.05) is 44.2 Å². The van der Waals surface area contributed by atoms with Gasteiger partial charge in [0.25, 0.3) is 5.56 Å². The van der Waals surface area contributed by atoms with Gasteiger partial charge in [0.2, 0.25) is 0 Å². The highest BCUT2D eigenvalue weighted by molar-refractivity contribution is 7.07. The fraction of sp³-hybridized carbons (Fsp3) is 0.321. The maximum Gasteiger partial charge on any atom is 0.338 e. The third-order valence-electron chi connectivity index (χ3n) is 5.64. The van der Waals surface area contributed by atoms with Crippen molar-refractivity contribution in [2.75, 3.05) is 13.2 Å². The lowest BCUT2D eigenvalue weighted by atomic mass is 9.96. The standard InChI is InChI=1S/C28H29ClN2O5S/c1-6-34-21-13-8-18(14-22(21)35-7-2)15-23-26(32)31-25(19-9-11-20(29)12-10-19)24(27(33)36-16(3)4)17(5)30-28(31)37-23/h8-16,25H,6-7H2,1-5H3. The molecular weight excluding hydrogens is 512 g/mol. The molecule has 0 radical (unpaired) electrons. The minimum Gasteiger partial charge on any atom is -0.490 e. The van der Waals surface area contributed by atoms with Crippen molar-refractivity contribution in [3.8, 4) is 11.5 Å². The number of thiazole rings is 1. The van der Waals surface area contributed by atoms with E-state index in [9.17, 15) is 9.59 Å². The van der Waals surface area contributed by atoms with Crippen molar-refractivity contribution < 1.29 is 19.0 Å². The van der Waals surface area contributed by atoms with Crippen LogP contribution in [0.3, 0.4) is 0 Å². The Hall–Kier alpha value is -3.36. The topological polar surface area (TPSA) is 79.1 Å². The Balaban J connectivity index is 1.88. The van der Waals surface area contributed by atoms with E-state index in [0.717, 1.165) is 11.1 Å². The number of ether oxygens (including phenoxy) is 3. The normalized spacial score (nSPS) is 15.4. The number of benzene rings is 2. The molecule has 194 valence electrons. The van der Waals surface area contributed by atoms with Gasteiger partial charge < -0.3 is 14.2 Å². The molecular formula is C28H29ClN2O5S. The average Bonchev–Trinajstić information content (AvgIpc) is 3.14. The number of esters is 1. The number of rotatable bonds is 8. The summed E-state index contributed by atoms with van der Waals surface area (Å²) in [5.74, 6) is 0.757. The average molecular weight is 541 g/mol. The molecule has 37 heavy (non-hydrogen) atoms. The van der Waals surface area contributed by atoms with Crippen molar-refractivity contribution in [2.24, 2.45) is 4.99 Å². The fourth-order valence-electron chi connectivity index (χ4n) is 4.13. The van der Waals surface area contributed by atoms with Crippen molar-refractivity contribution in [3.63, 3.8) is 0 Å². The second-order valence-corrected chi connectivity index (χ2v) is 10.1. The maximum atomic E-state index is 13.8. The molecule has 0 N–H and O–H groups in total. The third kappa shape index (κ3) is 5.65. The van der Waals surface area contributed by atoms with Gasteiger partial charge in [-0.25, -0.2) is 9.79 Å². The lowest BCUT2D eigenvalue weighted by molar-refractivity contribution is -0.143. The zero-order valence-corrected chi connectivity index (χ0v) is 23.0. The van der Waals surface area contributed by atoms with Crippen LogP contribution in [0.15, 0.2) is 63.5 Å². The summed E-state index contributed by atoms with van der Waals surface area (Å²) in [6.07, 6.45) is 1.48. The van der Waals surface area contributed by atoms with E-state index in [1.165, 1.54) is 11.3 Å². The number of allylic oxidation sites excluding steroid dienone is 1. The van der Waals surface area contributed by atoms with E-state index in [1.54, 1.807) is 43.5 Å². The van der Waals surface area contributed by atoms with Gasteiger partial charge in [-0.15, -0.1) is 0 Å². The minimum absolute atomic E-state index is 0.252. The Kier molecular flexibility index (Phi) is 8.19. The molecule has 1 unspecified atom stereocenters. The highest BCUT2D eigenvalue weighted by Gasteiger charge is 2.33. The van der Waals surface area contributed by atoms with Gasteiger partial charge in [-0.2, -0.15) is 0 Å². The van der Waals surface area contributed by atoms with Crippen molar-refractivity contribution >= 4 is 35.0 Å². The third-order valence-corrected chi connectivity index (χ3v) is 6.87. The van der Waals surface area contributed by atoms with Gasteiger partial charge in [-0.3, -0.25) is 9.36 Å². The molecule has 2 aromatic carbocycles. The molecule has 0 amide bonds. The predicted molar refractivity (Wildman–Crippen MR) is 145 cm³/mol. The van der Waals surface area contributed by atoms with Crippen molar-refractivity contribution in [3.05, 3.63) is 89.6 Å². The van der Waals surface area contributed by atoms with Crippen molar-refractivity contribution in [1.82, 2.24) is 4.57 Å². The molecule has 1 aliphatic heterocycles. The molecule has 4 rings (SSSR count). The fourth-order valence-corrected chi connectivity index (χ4v) is 5.30. The zero-order chi connectivity index (χ0) is 26.7. The summed E-state index contributed by atoms with van der Waals surface area (Å²) >= 11 is 7.39. The van der Waals surface area contributed by atoms with Crippen LogP contribution in [0.1, 0.15) is 51.8 Å². The monoisotopic (exact) mass is 540 g/mol. The summed E-state index contributed by atoms with van der Waals surface area (Å²) in [6, 6.07) is 12.0. The Bertz CT molecular complexity index is 1520. The first-order valence-corrected chi connectivity index (χ1v) is 13.3. The van der Waals surface area contributed by atoms with Gasteiger partial charge in [0.1, 0.15) is 0 Å². The van der Waals surface area contributed by atoms with E-state index in [4.69, 9.17) is 25.8 Å². The molecule has 1 atom stereocenters. The number of carbonyl (C=O) groups is 1. The van der Waals surface area contributed by atoms with E-state index in [2.05, 4.69) is 4.99 Å². The minimum atomic E-state index is -0.693. The van der Waals surface area contributed by atoms with Crippen LogP contribution >= 0.6 is 22.9 Å². The number of nitrogens with zero attached hydrogens (tertiary/aromatic N) is 2. The van der Waals surface area contributed by atoms with E-state index < -0.39 is 12.0 Å². The molecule has 3 aromatic rings. The number of aromatic nitrogens is 1. The van der Waals surface area contributed by atoms with Crippen LogP contribution in [0.2, 0.25) is 5.02 Å². The van der Waals surface area contributed by atoms with Gasteiger partial charge in [0, 0.05) is 5.02 Å². The zero-order valence-electron chi connectivity index (χ0n) is 21.4. The van der Waals surface area contributed by atoms with Gasteiger partial charge in [-0.1, -0.05) is 41.1 Å². The van der Waals surface area contributed by atoms with Gasteiger partial charge in [0.05, 0.1) is 41.2 Å². The quantitative estimate of drug-likeness (QED) is 0.389. The van der Waals surface area contributed by atoms with Gasteiger partial charge in [-0.05, 0) is 76.1 Å². The summed E-state index contributed by atoms with van der Waals surface area (Å²) < 4.78 is 19.0. The Morgan fingerprint density at radius 2 is 1.78 bits per heavy atom. The second kappa shape index (κ2) is 11.4. The Labute approximate surface area is 224 Å². The number of carbonyl (C=O) groups excluding carboxylic acids is 1.